The van der Waals surface area contributed by atoms with Crippen molar-refractivity contribution in [1.82, 2.24) is 30.0 Å². The van der Waals surface area contributed by atoms with E-state index in [9.17, 15) is 0 Å². The van der Waals surface area contributed by atoms with Gasteiger partial charge in [0.2, 0.25) is 0 Å². The Bertz CT molecular complexity index is 881. The monoisotopic (exact) mass is 322 g/mol. The van der Waals surface area contributed by atoms with Gasteiger partial charge in [-0.2, -0.15) is 9.61 Å². The molecule has 0 bridgehead atoms. The van der Waals surface area contributed by atoms with Gasteiger partial charge >= 0.3 is 0 Å². The summed E-state index contributed by atoms with van der Waals surface area (Å²) in [7, 11) is 0. The molecular weight excluding hydrogens is 304 g/mol. The van der Waals surface area contributed by atoms with Crippen LogP contribution in [0.2, 0.25) is 0 Å². The van der Waals surface area contributed by atoms with Gasteiger partial charge in [-0.05, 0) is 43.0 Å². The minimum absolute atomic E-state index is 0.769. The molecule has 24 heavy (non-hydrogen) atoms. The number of fused-ring (bicyclic) bond motifs is 2. The third kappa shape index (κ3) is 2.26. The molecule has 4 heterocycles. The molecule has 0 unspecified atom stereocenters. The van der Waals surface area contributed by atoms with Crippen LogP contribution in [-0.4, -0.2) is 56.2 Å². The fraction of sp³-hybridized carbons (Fsp3) is 0.438. The van der Waals surface area contributed by atoms with Crippen molar-refractivity contribution in [3.05, 3.63) is 35.8 Å². The van der Waals surface area contributed by atoms with Gasteiger partial charge < -0.3 is 9.80 Å². The maximum atomic E-state index is 4.58. The molecule has 1 saturated heterocycles. The van der Waals surface area contributed by atoms with Crippen LogP contribution in [-0.2, 0) is 12.8 Å². The molecular formula is C16H18N8. The SMILES string of the molecule is c1cc2nncn2nc1N1CCN(c2cc3c(nn2)CCC3)CC1. The van der Waals surface area contributed by atoms with Gasteiger partial charge in [-0.15, -0.1) is 20.4 Å². The van der Waals surface area contributed by atoms with E-state index in [1.165, 1.54) is 17.7 Å². The summed E-state index contributed by atoms with van der Waals surface area (Å²) >= 11 is 0. The van der Waals surface area contributed by atoms with Crippen molar-refractivity contribution in [3.63, 3.8) is 0 Å². The molecule has 0 N–H and O–H groups in total. The Hall–Kier alpha value is -2.77. The number of piperazine rings is 1. The fourth-order valence-corrected chi connectivity index (χ4v) is 3.52. The standard InChI is InChI=1S/C16H18N8/c1-2-12-10-16(20-18-13(12)3-1)23-8-6-22(7-9-23)15-5-4-14-19-17-11-24(14)21-15/h4-5,10-11H,1-3,6-9H2. The second kappa shape index (κ2) is 5.40. The highest BCUT2D eigenvalue weighted by Crippen LogP contribution is 2.24. The van der Waals surface area contributed by atoms with E-state index in [0.29, 0.717) is 0 Å². The molecule has 3 aromatic rings. The van der Waals surface area contributed by atoms with Crippen LogP contribution < -0.4 is 9.80 Å². The summed E-state index contributed by atoms with van der Waals surface area (Å²) in [6, 6.07) is 6.19. The van der Waals surface area contributed by atoms with E-state index in [1.54, 1.807) is 10.8 Å². The van der Waals surface area contributed by atoms with Crippen molar-refractivity contribution in [3.8, 4) is 0 Å². The van der Waals surface area contributed by atoms with Gasteiger partial charge in [0.1, 0.15) is 12.1 Å². The number of aromatic nitrogens is 6. The minimum Gasteiger partial charge on any atom is -0.352 e. The molecule has 0 spiro atoms. The fourth-order valence-electron chi connectivity index (χ4n) is 3.52. The maximum Gasteiger partial charge on any atom is 0.177 e. The lowest BCUT2D eigenvalue weighted by atomic mass is 10.2. The highest BCUT2D eigenvalue weighted by Gasteiger charge is 2.22. The Morgan fingerprint density at radius 2 is 1.67 bits per heavy atom. The predicted octanol–water partition coefficient (Wildman–Crippen LogP) is 0.730. The number of rotatable bonds is 2. The van der Waals surface area contributed by atoms with E-state index in [1.807, 2.05) is 12.1 Å². The van der Waals surface area contributed by atoms with Crippen molar-refractivity contribution >= 4 is 17.3 Å². The first-order valence-corrected chi connectivity index (χ1v) is 8.39. The van der Waals surface area contributed by atoms with E-state index >= 15 is 0 Å². The van der Waals surface area contributed by atoms with Crippen LogP contribution >= 0.6 is 0 Å². The summed E-state index contributed by atoms with van der Waals surface area (Å²) in [4.78, 5) is 4.61. The molecule has 0 amide bonds. The molecule has 5 rings (SSSR count). The first kappa shape index (κ1) is 13.6. The Morgan fingerprint density at radius 1 is 0.833 bits per heavy atom. The van der Waals surface area contributed by atoms with E-state index in [4.69, 9.17) is 0 Å². The summed E-state index contributed by atoms with van der Waals surface area (Å²) in [5.41, 5.74) is 3.33. The van der Waals surface area contributed by atoms with Gasteiger partial charge in [-0.1, -0.05) is 0 Å². The van der Waals surface area contributed by atoms with Crippen LogP contribution in [0, 0.1) is 0 Å². The molecule has 8 nitrogen and oxygen atoms in total. The van der Waals surface area contributed by atoms with Crippen molar-refractivity contribution in [2.75, 3.05) is 36.0 Å². The molecule has 0 saturated carbocycles. The van der Waals surface area contributed by atoms with Crippen molar-refractivity contribution in [1.29, 1.82) is 0 Å². The quantitative estimate of drug-likeness (QED) is 0.688. The third-order valence-electron chi connectivity index (χ3n) is 4.88. The summed E-state index contributed by atoms with van der Waals surface area (Å²) in [6.07, 6.45) is 5.06. The van der Waals surface area contributed by atoms with Crippen LogP contribution in [0.4, 0.5) is 11.6 Å². The number of anilines is 2. The van der Waals surface area contributed by atoms with Crippen LogP contribution in [0.1, 0.15) is 17.7 Å². The lowest BCUT2D eigenvalue weighted by Crippen LogP contribution is -2.47. The largest absolute Gasteiger partial charge is 0.352 e. The van der Waals surface area contributed by atoms with E-state index in [0.717, 1.165) is 56.3 Å². The average Bonchev–Trinajstić information content (AvgIpc) is 3.29. The third-order valence-corrected chi connectivity index (χ3v) is 4.88. The molecule has 0 atom stereocenters. The van der Waals surface area contributed by atoms with Crippen LogP contribution in [0.5, 0.6) is 0 Å². The zero-order chi connectivity index (χ0) is 15.9. The zero-order valence-corrected chi connectivity index (χ0v) is 13.3. The minimum atomic E-state index is 0.769. The number of hydrogen-bond acceptors (Lipinski definition) is 7. The van der Waals surface area contributed by atoms with E-state index in [-0.39, 0.29) is 0 Å². The normalized spacial score (nSPS) is 17.5. The molecule has 3 aromatic heterocycles. The molecule has 1 fully saturated rings. The summed E-state index contributed by atoms with van der Waals surface area (Å²) in [5, 5.41) is 21.3. The molecule has 1 aliphatic heterocycles. The van der Waals surface area contributed by atoms with Crippen molar-refractivity contribution < 1.29 is 0 Å². The first-order chi connectivity index (χ1) is 11.9. The second-order valence-corrected chi connectivity index (χ2v) is 6.33. The van der Waals surface area contributed by atoms with E-state index < -0.39 is 0 Å². The van der Waals surface area contributed by atoms with Crippen LogP contribution in [0.3, 0.4) is 0 Å². The Labute approximate surface area is 139 Å². The Balaban J connectivity index is 1.31. The molecule has 2 aliphatic rings. The Kier molecular flexibility index (Phi) is 3.07. The number of aryl methyl sites for hydroxylation is 2. The highest BCUT2D eigenvalue weighted by atomic mass is 15.4. The van der Waals surface area contributed by atoms with Gasteiger partial charge in [0.15, 0.2) is 11.5 Å². The summed E-state index contributed by atoms with van der Waals surface area (Å²) in [6.45, 7) is 3.68. The summed E-state index contributed by atoms with van der Waals surface area (Å²) < 4.78 is 1.72. The molecule has 0 aromatic carbocycles. The average molecular weight is 322 g/mol. The number of hydrogen-bond donors (Lipinski definition) is 0. The first-order valence-electron chi connectivity index (χ1n) is 8.39. The molecule has 1 aliphatic carbocycles. The molecule has 122 valence electrons. The molecule has 0 radical (unpaired) electrons. The zero-order valence-electron chi connectivity index (χ0n) is 13.3. The lowest BCUT2D eigenvalue weighted by Gasteiger charge is -2.35. The maximum absolute atomic E-state index is 4.58. The van der Waals surface area contributed by atoms with Gasteiger partial charge in [0, 0.05) is 26.2 Å². The number of nitrogens with zero attached hydrogens (tertiary/aromatic N) is 8. The lowest BCUT2D eigenvalue weighted by molar-refractivity contribution is 0.632. The van der Waals surface area contributed by atoms with Gasteiger partial charge in [0.25, 0.3) is 0 Å². The molecule has 8 heteroatoms. The van der Waals surface area contributed by atoms with Crippen LogP contribution in [0.15, 0.2) is 24.5 Å². The second-order valence-electron chi connectivity index (χ2n) is 6.33. The Morgan fingerprint density at radius 3 is 2.54 bits per heavy atom. The van der Waals surface area contributed by atoms with Crippen molar-refractivity contribution in [2.45, 2.75) is 19.3 Å². The predicted molar refractivity (Wildman–Crippen MR) is 89.3 cm³/mol. The topological polar surface area (TPSA) is 75.3 Å². The van der Waals surface area contributed by atoms with Crippen LogP contribution in [0.25, 0.3) is 5.65 Å². The van der Waals surface area contributed by atoms with E-state index in [2.05, 4.69) is 41.4 Å². The smallest absolute Gasteiger partial charge is 0.177 e. The van der Waals surface area contributed by atoms with Gasteiger partial charge in [-0.25, -0.2) is 0 Å². The van der Waals surface area contributed by atoms with Crippen molar-refractivity contribution in [2.24, 2.45) is 0 Å². The van der Waals surface area contributed by atoms with Gasteiger partial charge in [-0.3, -0.25) is 0 Å². The highest BCUT2D eigenvalue weighted by molar-refractivity contribution is 5.48. The summed E-state index contributed by atoms with van der Waals surface area (Å²) in [5.74, 6) is 1.97. The van der Waals surface area contributed by atoms with Gasteiger partial charge in [0.05, 0.1) is 5.69 Å².